The number of rotatable bonds is 18. The fourth-order valence-corrected chi connectivity index (χ4v) is 9.59. The van der Waals surface area contributed by atoms with Gasteiger partial charge in [0, 0.05) is 74.0 Å². The summed E-state index contributed by atoms with van der Waals surface area (Å²) in [7, 11) is -11.9. The number of fused-ring (bicyclic) bond motifs is 2. The van der Waals surface area contributed by atoms with Gasteiger partial charge in [-0.3, -0.25) is 23.2 Å². The van der Waals surface area contributed by atoms with E-state index >= 15 is 0 Å². The van der Waals surface area contributed by atoms with Gasteiger partial charge in [0.15, 0.2) is 5.71 Å². The topological polar surface area (TPSA) is 242 Å². The second-order valence-electron chi connectivity index (χ2n) is 15.3. The predicted molar refractivity (Wildman–Crippen MR) is 220 cm³/mol. The molecule has 0 aliphatic carbocycles. The summed E-state index contributed by atoms with van der Waals surface area (Å²) >= 11 is 0. The highest BCUT2D eigenvalue weighted by Gasteiger charge is 2.48. The summed E-state index contributed by atoms with van der Waals surface area (Å²) in [6.45, 7) is 8.43. The normalized spacial score (nSPS) is 21.8. The van der Waals surface area contributed by atoms with Crippen LogP contribution >= 0.6 is 0 Å². The third-order valence-electron chi connectivity index (χ3n) is 11.2. The van der Waals surface area contributed by atoms with Crippen LogP contribution in [-0.2, 0) is 65.1 Å². The highest BCUT2D eigenvalue weighted by Crippen LogP contribution is 2.51. The molecule has 2 atom stereocenters. The third-order valence-corrected chi connectivity index (χ3v) is 13.7. The smallest absolute Gasteiger partial charge is 0.333 e. The zero-order valence-corrected chi connectivity index (χ0v) is 36.4. The van der Waals surface area contributed by atoms with Gasteiger partial charge in [-0.15, -0.1) is 5.06 Å². The fourth-order valence-electron chi connectivity index (χ4n) is 8.07. The van der Waals surface area contributed by atoms with E-state index in [1.165, 1.54) is 31.4 Å². The molecule has 0 radical (unpaired) electrons. The minimum absolute atomic E-state index is 0.0443. The number of amides is 2. The minimum atomic E-state index is -4.58. The number of anilines is 1. The van der Waals surface area contributed by atoms with Gasteiger partial charge in [0.25, 0.3) is 42.2 Å². The molecule has 3 heterocycles. The maximum atomic E-state index is 12.7. The number of ether oxygens (including phenoxy) is 1. The summed E-state index contributed by atoms with van der Waals surface area (Å²) in [5.41, 5.74) is 2.75. The van der Waals surface area contributed by atoms with Crippen molar-refractivity contribution in [2.45, 2.75) is 93.3 Å². The molecule has 2 aromatic carbocycles. The number of hydroxylamine groups is 2. The maximum absolute atomic E-state index is 12.7. The summed E-state index contributed by atoms with van der Waals surface area (Å²) in [6, 6.07) is 8.52. The zero-order chi connectivity index (χ0) is 44.4. The average Bonchev–Trinajstić information content (AvgIpc) is 3.69. The Morgan fingerprint density at radius 2 is 1.50 bits per heavy atom. The molecule has 17 nitrogen and oxygen atoms in total. The molecule has 3 N–H and O–H groups in total. The lowest BCUT2D eigenvalue weighted by atomic mass is 9.76. The Morgan fingerprint density at radius 1 is 0.883 bits per heavy atom. The molecular formula is C40H50N3O14S3+. The monoisotopic (exact) mass is 892 g/mol. The molecule has 1 fully saturated rings. The molecule has 5 rings (SSSR count). The van der Waals surface area contributed by atoms with E-state index < -0.39 is 64.7 Å². The lowest BCUT2D eigenvalue weighted by molar-refractivity contribution is -0.438. The Morgan fingerprint density at radius 3 is 2.08 bits per heavy atom. The van der Waals surface area contributed by atoms with Crippen molar-refractivity contribution in [2.24, 2.45) is 0 Å². The van der Waals surface area contributed by atoms with Crippen molar-refractivity contribution < 1.29 is 67.4 Å². The SMILES string of the molecule is CCN1C(=CC=C(C)C=CC2=[N+](CCCC(=O)ON3C(=O)CCC3=O)c3ccc(S(=O)(=O)O)cc3C2(C)CCOC)C(C)(CCCS(=O)(=O)O)c2cc(S(=O)(=O)O)ccc21. The second-order valence-corrected chi connectivity index (χ2v) is 19.7. The first-order valence-corrected chi connectivity index (χ1v) is 23.7. The van der Waals surface area contributed by atoms with Gasteiger partial charge in [-0.1, -0.05) is 17.7 Å². The Balaban J connectivity index is 1.55. The summed E-state index contributed by atoms with van der Waals surface area (Å²) in [6.07, 6.45) is 7.96. The molecule has 3 aliphatic heterocycles. The van der Waals surface area contributed by atoms with E-state index in [9.17, 15) is 53.3 Å². The van der Waals surface area contributed by atoms with Crippen LogP contribution in [-0.4, -0.2) is 105 Å². The lowest BCUT2D eigenvalue weighted by Crippen LogP contribution is -2.33. The molecule has 20 heteroatoms. The number of carbonyl (C=O) groups is 3. The Labute approximate surface area is 350 Å². The van der Waals surface area contributed by atoms with Crippen LogP contribution in [0.5, 0.6) is 0 Å². The molecule has 0 saturated carbocycles. The van der Waals surface area contributed by atoms with Crippen molar-refractivity contribution in [1.82, 2.24) is 5.06 Å². The number of methoxy groups -OCH3 is 1. The van der Waals surface area contributed by atoms with Gasteiger partial charge in [0.1, 0.15) is 6.54 Å². The Hall–Kier alpha value is -4.57. The van der Waals surface area contributed by atoms with Crippen molar-refractivity contribution in [3.05, 3.63) is 83.1 Å². The summed E-state index contributed by atoms with van der Waals surface area (Å²) in [5, 5.41) is 0.486. The van der Waals surface area contributed by atoms with Crippen molar-refractivity contribution >= 4 is 65.2 Å². The van der Waals surface area contributed by atoms with E-state index in [2.05, 4.69) is 0 Å². The number of benzene rings is 2. The molecule has 0 aromatic heterocycles. The standard InChI is InChI=1S/C40H49N3O14S3/c1-6-41-32-14-12-28(59(50,51)52)25-30(32)39(3,20-8-24-58(47,48)49)34(41)16-10-27(2)11-17-35-40(4,21-23-56-5)31-26-29(60(53,54)55)13-15-33(31)42(35)22-7-9-38(46)57-43-36(44)18-19-37(43)45/h10-17,25-26H,6-9,18-24H2,1-5H3,(H2-,47,48,49,50,51,52,53,54,55)/p+1. The van der Waals surface area contributed by atoms with Crippen LogP contribution in [0.1, 0.15) is 83.8 Å². The van der Waals surface area contributed by atoms with Gasteiger partial charge < -0.3 is 14.5 Å². The molecular weight excluding hydrogens is 843 g/mol. The summed E-state index contributed by atoms with van der Waals surface area (Å²) < 4.78 is 109. The predicted octanol–water partition coefficient (Wildman–Crippen LogP) is 4.81. The van der Waals surface area contributed by atoms with Crippen LogP contribution in [0.3, 0.4) is 0 Å². The van der Waals surface area contributed by atoms with Crippen LogP contribution < -0.4 is 4.90 Å². The molecule has 2 amide bonds. The van der Waals surface area contributed by atoms with E-state index in [1.54, 1.807) is 12.1 Å². The molecule has 0 spiro atoms. The molecule has 60 heavy (non-hydrogen) atoms. The van der Waals surface area contributed by atoms with Crippen LogP contribution in [0.15, 0.2) is 81.8 Å². The first-order valence-electron chi connectivity index (χ1n) is 19.2. The van der Waals surface area contributed by atoms with Crippen LogP contribution in [0, 0.1) is 0 Å². The highest BCUT2D eigenvalue weighted by atomic mass is 32.2. The van der Waals surface area contributed by atoms with Crippen molar-refractivity contribution in [1.29, 1.82) is 0 Å². The Kier molecular flexibility index (Phi) is 13.8. The maximum Gasteiger partial charge on any atom is 0.333 e. The van der Waals surface area contributed by atoms with Gasteiger partial charge in [0.05, 0.1) is 27.4 Å². The first kappa shape index (κ1) is 46.5. The van der Waals surface area contributed by atoms with E-state index in [-0.39, 0.29) is 61.5 Å². The van der Waals surface area contributed by atoms with Crippen LogP contribution in [0.2, 0.25) is 0 Å². The van der Waals surface area contributed by atoms with E-state index in [0.29, 0.717) is 51.9 Å². The van der Waals surface area contributed by atoms with Crippen molar-refractivity contribution in [3.63, 3.8) is 0 Å². The van der Waals surface area contributed by atoms with Gasteiger partial charge >= 0.3 is 5.97 Å². The third kappa shape index (κ3) is 9.96. The number of likely N-dealkylation sites (N-methyl/N-ethyl adjacent to an activating group) is 1. The number of hydrogen-bond acceptors (Lipinski definition) is 12. The average molecular weight is 893 g/mol. The number of hydrogen-bond donors (Lipinski definition) is 3. The molecule has 2 unspecified atom stereocenters. The molecule has 3 aliphatic rings. The molecule has 2 aromatic rings. The van der Waals surface area contributed by atoms with Gasteiger partial charge in [-0.25, -0.2) is 4.79 Å². The van der Waals surface area contributed by atoms with Crippen LogP contribution in [0.25, 0.3) is 0 Å². The van der Waals surface area contributed by atoms with E-state index in [0.717, 1.165) is 5.57 Å². The molecule has 0 bridgehead atoms. The fraction of sp³-hybridized carbons (Fsp3) is 0.450. The van der Waals surface area contributed by atoms with Crippen molar-refractivity contribution in [2.75, 3.05) is 37.5 Å². The molecule has 326 valence electrons. The van der Waals surface area contributed by atoms with E-state index in [4.69, 9.17) is 9.57 Å². The number of nitrogens with zero attached hydrogens (tertiary/aromatic N) is 3. The van der Waals surface area contributed by atoms with Crippen LogP contribution in [0.4, 0.5) is 11.4 Å². The number of imide groups is 1. The minimum Gasteiger partial charge on any atom is -0.385 e. The quantitative estimate of drug-likeness (QED) is 0.0787. The largest absolute Gasteiger partial charge is 0.385 e. The van der Waals surface area contributed by atoms with Gasteiger partial charge in [0.2, 0.25) is 5.69 Å². The van der Waals surface area contributed by atoms with Gasteiger partial charge in [-0.05, 0) is 88.9 Å². The summed E-state index contributed by atoms with van der Waals surface area (Å²) in [4.78, 5) is 43.1. The molecule has 1 saturated heterocycles. The lowest BCUT2D eigenvalue weighted by Gasteiger charge is -2.30. The van der Waals surface area contributed by atoms with E-state index in [1.807, 2.05) is 61.5 Å². The zero-order valence-electron chi connectivity index (χ0n) is 34.0. The van der Waals surface area contributed by atoms with Gasteiger partial charge in [-0.2, -0.15) is 29.8 Å². The summed E-state index contributed by atoms with van der Waals surface area (Å²) in [5.74, 6) is -2.49. The number of carbonyl (C=O) groups excluding carboxylic acids is 3. The second kappa shape index (κ2) is 17.8. The Bertz CT molecular complexity index is 2530. The van der Waals surface area contributed by atoms with Crippen molar-refractivity contribution in [3.8, 4) is 0 Å². The highest BCUT2D eigenvalue weighted by molar-refractivity contribution is 7.86. The first-order chi connectivity index (χ1) is 27.9. The number of allylic oxidation sites excluding steroid dienone is 6.